The second-order valence-electron chi connectivity index (χ2n) is 13.9. The summed E-state index contributed by atoms with van der Waals surface area (Å²) in [4.78, 5) is 70.8. The molecule has 1 aliphatic rings. The standard InChI is InChI=1S/C37H55N5O7S.ClH/c1-8-23(4)32(41-33(44)28-16-12-13-17-38-28)36(46)42(7)30(22(2)3)20-31(49-25(6)43)35-40-29(21-50-35)34(45)39-27(18-24(5)37(47)48)19-26-14-10-9-11-15-26;/h9-11,14-15,21-24,27-28,30-32,38H,8,12-13,16-20H2,1-7H3,(H,39,45)(H,41,44)(H,47,48);1H/t23-,24-,27+,28+,30+,31+,32-;/m0./s1. The number of esters is 1. The summed E-state index contributed by atoms with van der Waals surface area (Å²) in [6.07, 6.45) is 3.46. The number of benzene rings is 1. The van der Waals surface area contributed by atoms with Gasteiger partial charge in [0.2, 0.25) is 11.8 Å². The molecular formula is C37H56ClN5O7S. The summed E-state index contributed by atoms with van der Waals surface area (Å²) in [5, 5.41) is 20.8. The summed E-state index contributed by atoms with van der Waals surface area (Å²) in [6.45, 7) is 11.6. The molecule has 4 N–H and O–H groups in total. The van der Waals surface area contributed by atoms with Crippen molar-refractivity contribution in [2.24, 2.45) is 17.8 Å². The van der Waals surface area contributed by atoms with Crippen LogP contribution in [0.25, 0.3) is 0 Å². The molecule has 1 aromatic carbocycles. The van der Waals surface area contributed by atoms with E-state index < -0.39 is 48.0 Å². The Balaban J connectivity index is 0.00000901. The molecule has 1 fully saturated rings. The van der Waals surface area contributed by atoms with Crippen molar-refractivity contribution in [3.63, 3.8) is 0 Å². The van der Waals surface area contributed by atoms with Gasteiger partial charge < -0.3 is 30.7 Å². The van der Waals surface area contributed by atoms with Crippen LogP contribution in [0.1, 0.15) is 107 Å². The first-order valence-electron chi connectivity index (χ1n) is 17.7. The number of likely N-dealkylation sites (N-methyl/N-ethyl adjacent to an activating group) is 1. The van der Waals surface area contributed by atoms with Crippen LogP contribution in [0.4, 0.5) is 0 Å². The molecule has 0 saturated carbocycles. The van der Waals surface area contributed by atoms with E-state index in [4.69, 9.17) is 4.74 Å². The average Bonchev–Trinajstić information content (AvgIpc) is 3.59. The van der Waals surface area contributed by atoms with E-state index in [9.17, 15) is 29.1 Å². The summed E-state index contributed by atoms with van der Waals surface area (Å²) in [7, 11) is 1.71. The van der Waals surface area contributed by atoms with Gasteiger partial charge in [-0.1, -0.05) is 77.8 Å². The minimum absolute atomic E-state index is 0. The highest BCUT2D eigenvalue weighted by Gasteiger charge is 2.36. The van der Waals surface area contributed by atoms with Crippen LogP contribution in [-0.4, -0.2) is 82.4 Å². The summed E-state index contributed by atoms with van der Waals surface area (Å²) in [6, 6.07) is 7.63. The van der Waals surface area contributed by atoms with Crippen molar-refractivity contribution in [2.75, 3.05) is 13.6 Å². The summed E-state index contributed by atoms with van der Waals surface area (Å²) >= 11 is 1.18. The number of aromatic nitrogens is 1. The molecular weight excluding hydrogens is 694 g/mol. The van der Waals surface area contributed by atoms with Crippen LogP contribution in [0.2, 0.25) is 0 Å². The Morgan fingerprint density at radius 3 is 2.31 bits per heavy atom. The molecule has 1 aromatic heterocycles. The van der Waals surface area contributed by atoms with E-state index >= 15 is 0 Å². The molecule has 0 unspecified atom stereocenters. The van der Waals surface area contributed by atoms with Gasteiger partial charge in [-0.3, -0.25) is 24.0 Å². The highest BCUT2D eigenvalue weighted by molar-refractivity contribution is 7.09. The maximum Gasteiger partial charge on any atom is 0.306 e. The van der Waals surface area contributed by atoms with Gasteiger partial charge in [0.05, 0.1) is 12.0 Å². The number of rotatable bonds is 18. The lowest BCUT2D eigenvalue weighted by Crippen LogP contribution is -2.57. The lowest BCUT2D eigenvalue weighted by Gasteiger charge is -2.37. The van der Waals surface area contributed by atoms with Crippen LogP contribution < -0.4 is 16.0 Å². The van der Waals surface area contributed by atoms with E-state index in [1.807, 2.05) is 58.0 Å². The first kappa shape index (κ1) is 43.6. The fraction of sp³-hybridized carbons (Fsp3) is 0.622. The monoisotopic (exact) mass is 749 g/mol. The predicted molar refractivity (Wildman–Crippen MR) is 200 cm³/mol. The molecule has 2 aromatic rings. The minimum atomic E-state index is -0.945. The normalized spacial score (nSPS) is 17.8. The van der Waals surface area contributed by atoms with Gasteiger partial charge in [-0.25, -0.2) is 4.98 Å². The second kappa shape index (κ2) is 21.1. The van der Waals surface area contributed by atoms with Gasteiger partial charge in [-0.2, -0.15) is 0 Å². The van der Waals surface area contributed by atoms with Gasteiger partial charge in [-0.05, 0) is 49.6 Å². The lowest BCUT2D eigenvalue weighted by atomic mass is 9.92. The Hall–Kier alpha value is -3.55. The molecule has 0 aliphatic carbocycles. The predicted octanol–water partition coefficient (Wildman–Crippen LogP) is 5.17. The van der Waals surface area contributed by atoms with Crippen molar-refractivity contribution < 1.29 is 33.8 Å². The first-order valence-corrected chi connectivity index (χ1v) is 18.6. The second-order valence-corrected chi connectivity index (χ2v) is 14.8. The number of piperidine rings is 1. The SMILES string of the molecule is CC[C@H](C)[C@H](NC(=O)[C@H]1CCCCN1)C(=O)N(C)[C@H](C[C@@H](OC(C)=O)c1nc(C(=O)N[C@@H](Cc2ccccc2)C[C@H](C)C(=O)O)cs1)C(C)C.Cl. The molecule has 0 radical (unpaired) electrons. The Morgan fingerprint density at radius 2 is 1.75 bits per heavy atom. The molecule has 0 spiro atoms. The van der Waals surface area contributed by atoms with Gasteiger partial charge in [-0.15, -0.1) is 23.7 Å². The number of thiazole rings is 1. The molecule has 0 bridgehead atoms. The number of hydrogen-bond acceptors (Lipinski definition) is 9. The molecule has 3 amide bonds. The van der Waals surface area contributed by atoms with Crippen LogP contribution in [0.3, 0.4) is 0 Å². The van der Waals surface area contributed by atoms with E-state index in [0.29, 0.717) is 17.8 Å². The number of hydrogen-bond donors (Lipinski definition) is 4. The van der Waals surface area contributed by atoms with E-state index in [0.717, 1.165) is 31.4 Å². The number of carboxylic acid groups (broad SMARTS) is 1. The number of carbonyl (C=O) groups excluding carboxylic acids is 4. The summed E-state index contributed by atoms with van der Waals surface area (Å²) in [5.41, 5.74) is 1.09. The average molecular weight is 750 g/mol. The smallest absolute Gasteiger partial charge is 0.306 e. The van der Waals surface area contributed by atoms with Crippen molar-refractivity contribution in [2.45, 2.75) is 117 Å². The Labute approximate surface area is 312 Å². The minimum Gasteiger partial charge on any atom is -0.481 e. The fourth-order valence-electron chi connectivity index (χ4n) is 6.31. The van der Waals surface area contributed by atoms with E-state index in [-0.39, 0.29) is 60.6 Å². The van der Waals surface area contributed by atoms with E-state index in [2.05, 4.69) is 20.9 Å². The molecule has 14 heteroatoms. The van der Waals surface area contributed by atoms with Gasteiger partial charge in [0, 0.05) is 37.9 Å². The van der Waals surface area contributed by atoms with E-state index in [1.165, 1.54) is 18.3 Å². The van der Waals surface area contributed by atoms with Crippen molar-refractivity contribution in [1.29, 1.82) is 0 Å². The zero-order chi connectivity index (χ0) is 37.0. The number of carboxylic acids is 1. The van der Waals surface area contributed by atoms with Crippen molar-refractivity contribution in [3.05, 3.63) is 52.0 Å². The maximum atomic E-state index is 14.1. The number of halogens is 1. The summed E-state index contributed by atoms with van der Waals surface area (Å²) in [5.74, 6) is -3.15. The number of nitrogens with zero attached hydrogens (tertiary/aromatic N) is 2. The van der Waals surface area contributed by atoms with Crippen molar-refractivity contribution in [1.82, 2.24) is 25.8 Å². The molecule has 1 saturated heterocycles. The van der Waals surface area contributed by atoms with Crippen molar-refractivity contribution >= 4 is 53.4 Å². The number of aliphatic carboxylic acids is 1. The Kier molecular flexibility index (Phi) is 18.0. The molecule has 7 atom stereocenters. The van der Waals surface area contributed by atoms with Gasteiger partial charge in [0.25, 0.3) is 5.91 Å². The zero-order valence-electron chi connectivity index (χ0n) is 30.8. The topological polar surface area (TPSA) is 167 Å². The van der Waals surface area contributed by atoms with Crippen molar-refractivity contribution in [3.8, 4) is 0 Å². The largest absolute Gasteiger partial charge is 0.481 e. The fourth-order valence-corrected chi connectivity index (χ4v) is 7.15. The molecule has 3 rings (SSSR count). The summed E-state index contributed by atoms with van der Waals surface area (Å²) < 4.78 is 5.75. The Bertz CT molecular complexity index is 1440. The Morgan fingerprint density at radius 1 is 1.06 bits per heavy atom. The van der Waals surface area contributed by atoms with Gasteiger partial charge in [0.15, 0.2) is 6.10 Å². The van der Waals surface area contributed by atoms with Gasteiger partial charge >= 0.3 is 11.9 Å². The maximum absolute atomic E-state index is 14.1. The molecule has 2 heterocycles. The van der Waals surface area contributed by atoms with Crippen LogP contribution in [0.5, 0.6) is 0 Å². The third-order valence-electron chi connectivity index (χ3n) is 9.53. The lowest BCUT2D eigenvalue weighted by molar-refractivity contribution is -0.149. The number of nitrogens with one attached hydrogen (secondary N) is 3. The molecule has 12 nitrogen and oxygen atoms in total. The van der Waals surface area contributed by atoms with Crippen LogP contribution in [0, 0.1) is 17.8 Å². The highest BCUT2D eigenvalue weighted by Crippen LogP contribution is 2.31. The molecule has 284 valence electrons. The molecule has 51 heavy (non-hydrogen) atoms. The van der Waals surface area contributed by atoms with Crippen LogP contribution in [0.15, 0.2) is 35.7 Å². The first-order chi connectivity index (χ1) is 23.7. The number of ether oxygens (including phenoxy) is 1. The zero-order valence-corrected chi connectivity index (χ0v) is 32.5. The van der Waals surface area contributed by atoms with Crippen LogP contribution >= 0.6 is 23.7 Å². The molecule has 1 aliphatic heterocycles. The number of carbonyl (C=O) groups is 5. The van der Waals surface area contributed by atoms with Gasteiger partial charge in [0.1, 0.15) is 16.7 Å². The van der Waals surface area contributed by atoms with E-state index in [1.54, 1.807) is 24.3 Å². The van der Waals surface area contributed by atoms with Crippen LogP contribution in [-0.2, 0) is 30.3 Å². The third kappa shape index (κ3) is 13.2. The quantitative estimate of drug-likeness (QED) is 0.151. The number of amides is 3. The highest BCUT2D eigenvalue weighted by atomic mass is 35.5. The third-order valence-corrected chi connectivity index (χ3v) is 10.5.